The second-order valence-corrected chi connectivity index (χ2v) is 7.52. The maximum absolute atomic E-state index is 13.9. The van der Waals surface area contributed by atoms with Crippen molar-refractivity contribution in [1.29, 1.82) is 0 Å². The van der Waals surface area contributed by atoms with E-state index >= 15 is 0 Å². The lowest BCUT2D eigenvalue weighted by Gasteiger charge is -2.22. The van der Waals surface area contributed by atoms with Gasteiger partial charge in [-0.05, 0) is 44.7 Å². The predicted molar refractivity (Wildman–Crippen MR) is 95.2 cm³/mol. The number of nitrogens with zero attached hydrogens (tertiary/aromatic N) is 2. The average Bonchev–Trinajstić information content (AvgIpc) is 3.32. The zero-order valence-electron chi connectivity index (χ0n) is 14.2. The number of amides is 2. The van der Waals surface area contributed by atoms with Gasteiger partial charge in [-0.2, -0.15) is 0 Å². The third kappa shape index (κ3) is 4.42. The first-order valence-electron chi connectivity index (χ1n) is 8.21. The molecule has 1 heterocycles. The van der Waals surface area contributed by atoms with Gasteiger partial charge in [0.1, 0.15) is 12.4 Å². The van der Waals surface area contributed by atoms with Gasteiger partial charge in [-0.3, -0.25) is 9.59 Å². The lowest BCUT2D eigenvalue weighted by molar-refractivity contribution is -0.116. The summed E-state index contributed by atoms with van der Waals surface area (Å²) in [5, 5.41) is 3.25. The van der Waals surface area contributed by atoms with E-state index in [1.165, 1.54) is 34.4 Å². The molecule has 1 aromatic carbocycles. The molecule has 0 radical (unpaired) electrons. The Labute approximate surface area is 149 Å². The second-order valence-electron chi connectivity index (χ2n) is 6.32. The highest BCUT2D eigenvalue weighted by Crippen LogP contribution is 2.30. The summed E-state index contributed by atoms with van der Waals surface area (Å²) in [6.07, 6.45) is 2.07. The van der Waals surface area contributed by atoms with E-state index in [4.69, 9.17) is 0 Å². The van der Waals surface area contributed by atoms with Crippen molar-refractivity contribution in [2.24, 2.45) is 5.92 Å². The molecule has 3 rings (SSSR count). The van der Waals surface area contributed by atoms with Crippen LogP contribution in [-0.4, -0.2) is 34.8 Å². The molecular weight excluding hydrogens is 341 g/mol. The van der Waals surface area contributed by atoms with Gasteiger partial charge in [0.05, 0.1) is 11.3 Å². The van der Waals surface area contributed by atoms with E-state index in [1.54, 1.807) is 6.07 Å². The number of rotatable bonds is 6. The predicted octanol–water partition coefficient (Wildman–Crippen LogP) is 3.39. The zero-order chi connectivity index (χ0) is 18.0. The molecule has 0 saturated heterocycles. The highest BCUT2D eigenvalue weighted by atomic mass is 32.1. The van der Waals surface area contributed by atoms with Gasteiger partial charge in [-0.1, -0.05) is 12.1 Å². The van der Waals surface area contributed by atoms with Crippen molar-refractivity contribution >= 4 is 28.3 Å². The van der Waals surface area contributed by atoms with E-state index in [0.717, 1.165) is 23.4 Å². The molecule has 1 saturated carbocycles. The van der Waals surface area contributed by atoms with Crippen molar-refractivity contribution in [3.63, 3.8) is 0 Å². The van der Waals surface area contributed by atoms with Gasteiger partial charge in [0.15, 0.2) is 5.13 Å². The summed E-state index contributed by atoms with van der Waals surface area (Å²) in [6.45, 7) is 4.17. The third-order valence-corrected chi connectivity index (χ3v) is 5.16. The molecule has 1 N–H and O–H groups in total. The molecule has 1 aliphatic rings. The average molecular weight is 361 g/mol. The number of aromatic nitrogens is 1. The van der Waals surface area contributed by atoms with Gasteiger partial charge in [0.25, 0.3) is 5.91 Å². The molecule has 1 aliphatic carbocycles. The molecule has 2 amide bonds. The lowest BCUT2D eigenvalue weighted by Crippen LogP contribution is -2.39. The number of aryl methyl sites for hydroxylation is 2. The fraction of sp³-hybridized carbons (Fsp3) is 0.389. The number of halogens is 1. The largest absolute Gasteiger partial charge is 0.329 e. The van der Waals surface area contributed by atoms with E-state index in [0.29, 0.717) is 17.6 Å². The van der Waals surface area contributed by atoms with Crippen LogP contribution in [0.5, 0.6) is 0 Å². The Morgan fingerprint density at radius 3 is 2.64 bits per heavy atom. The van der Waals surface area contributed by atoms with Gasteiger partial charge in [-0.25, -0.2) is 9.37 Å². The van der Waals surface area contributed by atoms with E-state index in [9.17, 15) is 14.0 Å². The molecule has 0 aliphatic heterocycles. The first-order chi connectivity index (χ1) is 11.9. The van der Waals surface area contributed by atoms with Crippen LogP contribution in [0, 0.1) is 25.6 Å². The van der Waals surface area contributed by atoms with E-state index in [-0.39, 0.29) is 18.0 Å². The fourth-order valence-electron chi connectivity index (χ4n) is 2.49. The van der Waals surface area contributed by atoms with Crippen LogP contribution in [0.15, 0.2) is 24.3 Å². The molecule has 1 aromatic heterocycles. The molecule has 0 atom stereocenters. The van der Waals surface area contributed by atoms with Crippen LogP contribution in [-0.2, 0) is 4.79 Å². The van der Waals surface area contributed by atoms with Crippen molar-refractivity contribution in [3.8, 4) is 0 Å². The van der Waals surface area contributed by atoms with Crippen LogP contribution in [0.25, 0.3) is 0 Å². The normalized spacial score (nSPS) is 13.6. The number of hydrogen-bond donors (Lipinski definition) is 1. The second kappa shape index (κ2) is 7.31. The van der Waals surface area contributed by atoms with Crippen molar-refractivity contribution < 1.29 is 14.0 Å². The Bertz CT molecular complexity index is 782. The highest BCUT2D eigenvalue weighted by Gasteiger charge is 2.29. The van der Waals surface area contributed by atoms with Crippen LogP contribution >= 0.6 is 11.3 Å². The Morgan fingerprint density at radius 2 is 2.04 bits per heavy atom. The number of benzene rings is 1. The molecule has 7 heteroatoms. The molecule has 5 nitrogen and oxygen atoms in total. The minimum Gasteiger partial charge on any atom is -0.329 e. The quantitative estimate of drug-likeness (QED) is 0.858. The van der Waals surface area contributed by atoms with Gasteiger partial charge in [0, 0.05) is 11.4 Å². The molecular formula is C18H20FN3O2S. The van der Waals surface area contributed by atoms with Gasteiger partial charge >= 0.3 is 0 Å². The van der Waals surface area contributed by atoms with Crippen LogP contribution < -0.4 is 5.32 Å². The Morgan fingerprint density at radius 1 is 1.32 bits per heavy atom. The number of anilines is 1. The maximum Gasteiger partial charge on any atom is 0.257 e. The minimum atomic E-state index is -0.570. The number of nitrogens with one attached hydrogen (secondary N) is 1. The zero-order valence-corrected chi connectivity index (χ0v) is 15.0. The number of thiazole rings is 1. The summed E-state index contributed by atoms with van der Waals surface area (Å²) in [6, 6.07) is 5.86. The summed E-state index contributed by atoms with van der Waals surface area (Å²) >= 11 is 1.40. The summed E-state index contributed by atoms with van der Waals surface area (Å²) in [5.41, 5.74) is 0.870. The minimum absolute atomic E-state index is 0.00288. The fourth-order valence-corrected chi connectivity index (χ4v) is 3.33. The molecule has 132 valence electrons. The van der Waals surface area contributed by atoms with E-state index < -0.39 is 11.7 Å². The third-order valence-electron chi connectivity index (χ3n) is 4.18. The van der Waals surface area contributed by atoms with Crippen molar-refractivity contribution in [1.82, 2.24) is 9.88 Å². The topological polar surface area (TPSA) is 62.3 Å². The van der Waals surface area contributed by atoms with Gasteiger partial charge < -0.3 is 10.2 Å². The molecule has 0 spiro atoms. The molecule has 2 aromatic rings. The summed E-state index contributed by atoms with van der Waals surface area (Å²) in [4.78, 5) is 31.7. The van der Waals surface area contributed by atoms with Gasteiger partial charge in [0.2, 0.25) is 5.91 Å². The van der Waals surface area contributed by atoms with Crippen LogP contribution in [0.3, 0.4) is 0 Å². The van der Waals surface area contributed by atoms with E-state index in [1.807, 2.05) is 13.8 Å². The van der Waals surface area contributed by atoms with Crippen molar-refractivity contribution in [2.45, 2.75) is 26.7 Å². The van der Waals surface area contributed by atoms with Crippen molar-refractivity contribution in [2.75, 3.05) is 18.4 Å². The standard InChI is InChI=1S/C18H20FN3O2S/c1-11-12(2)25-18(20-11)21-16(23)10-22(9-13-7-8-13)17(24)14-5-3-4-6-15(14)19/h3-6,13H,7-10H2,1-2H3,(H,20,21,23). The lowest BCUT2D eigenvalue weighted by atomic mass is 10.1. The van der Waals surface area contributed by atoms with Crippen molar-refractivity contribution in [3.05, 3.63) is 46.2 Å². The van der Waals surface area contributed by atoms with Crippen LogP contribution in [0.2, 0.25) is 0 Å². The Hall–Kier alpha value is -2.28. The number of carbonyl (C=O) groups excluding carboxylic acids is 2. The maximum atomic E-state index is 13.9. The summed E-state index contributed by atoms with van der Waals surface area (Å²) in [7, 11) is 0. The smallest absolute Gasteiger partial charge is 0.257 e. The summed E-state index contributed by atoms with van der Waals surface area (Å²) < 4.78 is 13.9. The summed E-state index contributed by atoms with van der Waals surface area (Å²) in [5.74, 6) is -0.946. The highest BCUT2D eigenvalue weighted by molar-refractivity contribution is 7.15. The van der Waals surface area contributed by atoms with Crippen LogP contribution in [0.1, 0.15) is 33.8 Å². The Kier molecular flexibility index (Phi) is 5.13. The molecule has 1 fully saturated rings. The van der Waals surface area contributed by atoms with E-state index in [2.05, 4.69) is 10.3 Å². The number of hydrogen-bond acceptors (Lipinski definition) is 4. The molecule has 0 bridgehead atoms. The van der Waals surface area contributed by atoms with Crippen LogP contribution in [0.4, 0.5) is 9.52 Å². The monoisotopic (exact) mass is 361 g/mol. The Balaban J connectivity index is 1.71. The van der Waals surface area contributed by atoms with Gasteiger partial charge in [-0.15, -0.1) is 11.3 Å². The SMILES string of the molecule is Cc1nc(NC(=O)CN(CC2CC2)C(=O)c2ccccc2F)sc1C. The molecule has 25 heavy (non-hydrogen) atoms. The number of carbonyl (C=O) groups is 2. The molecule has 0 unspecified atom stereocenters. The first-order valence-corrected chi connectivity index (χ1v) is 9.03. The first kappa shape index (κ1) is 17.5.